The zero-order valence-corrected chi connectivity index (χ0v) is 17.7. The number of nitrogens with one attached hydrogen (secondary N) is 1. The molecular formula is C26H26FNO3. The molecule has 0 bridgehead atoms. The van der Waals surface area contributed by atoms with Crippen molar-refractivity contribution in [3.63, 3.8) is 0 Å². The van der Waals surface area contributed by atoms with Crippen LogP contribution in [0, 0.1) is 12.7 Å². The van der Waals surface area contributed by atoms with E-state index in [2.05, 4.69) is 5.32 Å². The summed E-state index contributed by atoms with van der Waals surface area (Å²) in [5, 5.41) is 14.0. The average Bonchev–Trinajstić information content (AvgIpc) is 3.08. The minimum atomic E-state index is -0.495. The van der Waals surface area contributed by atoms with Gasteiger partial charge in [-0.1, -0.05) is 54.1 Å². The molecule has 2 N–H and O–H groups in total. The standard InChI is InChI=1S/C26H26FNO3/c1-16-7-9-20(22-12-17(8-10-23(22)27)13-25(30)31-2)19(11-16)15-28-26-21-6-4-3-5-18(21)14-24(26)29/h3-12,24,26,28-29H,13-15H2,1-2H3/t24-,26+/m0/s1. The van der Waals surface area contributed by atoms with Gasteiger partial charge in [0.1, 0.15) is 5.82 Å². The van der Waals surface area contributed by atoms with Gasteiger partial charge in [-0.2, -0.15) is 0 Å². The fraction of sp³-hybridized carbons (Fsp3) is 0.269. The molecule has 0 saturated carbocycles. The van der Waals surface area contributed by atoms with E-state index in [-0.39, 0.29) is 24.2 Å². The number of halogens is 1. The van der Waals surface area contributed by atoms with Crippen LogP contribution in [0.15, 0.2) is 60.7 Å². The van der Waals surface area contributed by atoms with Crippen molar-refractivity contribution in [2.45, 2.75) is 38.5 Å². The van der Waals surface area contributed by atoms with E-state index in [9.17, 15) is 14.3 Å². The Bertz CT molecular complexity index is 1110. The molecule has 31 heavy (non-hydrogen) atoms. The number of benzene rings is 3. The molecule has 3 aromatic carbocycles. The highest BCUT2D eigenvalue weighted by atomic mass is 19.1. The normalized spacial score (nSPS) is 17.4. The molecule has 0 radical (unpaired) electrons. The van der Waals surface area contributed by atoms with E-state index in [0.717, 1.165) is 27.8 Å². The van der Waals surface area contributed by atoms with Crippen LogP contribution in [0.1, 0.15) is 33.9 Å². The molecule has 4 rings (SSSR count). The molecule has 1 aliphatic rings. The van der Waals surface area contributed by atoms with Crippen molar-refractivity contribution in [2.75, 3.05) is 7.11 Å². The number of hydrogen-bond donors (Lipinski definition) is 2. The van der Waals surface area contributed by atoms with Crippen molar-refractivity contribution in [3.05, 3.63) is 94.3 Å². The monoisotopic (exact) mass is 419 g/mol. The van der Waals surface area contributed by atoms with Gasteiger partial charge in [-0.25, -0.2) is 4.39 Å². The van der Waals surface area contributed by atoms with Crippen molar-refractivity contribution in [1.29, 1.82) is 0 Å². The summed E-state index contributed by atoms with van der Waals surface area (Å²) in [5.74, 6) is -0.706. The summed E-state index contributed by atoms with van der Waals surface area (Å²) in [6, 6.07) is 18.5. The summed E-state index contributed by atoms with van der Waals surface area (Å²) in [5.41, 5.74) is 6.18. The van der Waals surface area contributed by atoms with Gasteiger partial charge in [0.25, 0.3) is 0 Å². The van der Waals surface area contributed by atoms with Crippen molar-refractivity contribution < 1.29 is 19.0 Å². The van der Waals surface area contributed by atoms with E-state index in [1.165, 1.54) is 13.2 Å². The molecule has 0 spiro atoms. The first kappa shape index (κ1) is 21.2. The smallest absolute Gasteiger partial charge is 0.309 e. The van der Waals surface area contributed by atoms with E-state index in [1.54, 1.807) is 12.1 Å². The molecule has 0 aliphatic heterocycles. The molecule has 3 aromatic rings. The SMILES string of the molecule is COC(=O)Cc1ccc(F)c(-c2ccc(C)cc2CN[C@@H]2c3ccccc3C[C@@H]2O)c1. The van der Waals surface area contributed by atoms with E-state index >= 15 is 0 Å². The van der Waals surface area contributed by atoms with Gasteiger partial charge in [0.05, 0.1) is 25.7 Å². The van der Waals surface area contributed by atoms with E-state index in [0.29, 0.717) is 24.1 Å². The highest BCUT2D eigenvalue weighted by Crippen LogP contribution is 2.33. The van der Waals surface area contributed by atoms with Gasteiger partial charge >= 0.3 is 5.97 Å². The summed E-state index contributed by atoms with van der Waals surface area (Å²) in [6.45, 7) is 2.48. The Labute approximate surface area is 181 Å². The summed E-state index contributed by atoms with van der Waals surface area (Å²) >= 11 is 0. The lowest BCUT2D eigenvalue weighted by Gasteiger charge is -2.20. The molecule has 5 heteroatoms. The Hall–Kier alpha value is -3.02. The fourth-order valence-corrected chi connectivity index (χ4v) is 4.30. The minimum Gasteiger partial charge on any atom is -0.469 e. The molecule has 0 aromatic heterocycles. The maximum atomic E-state index is 14.8. The number of hydrogen-bond acceptors (Lipinski definition) is 4. The van der Waals surface area contributed by atoms with Crippen molar-refractivity contribution >= 4 is 5.97 Å². The Morgan fingerprint density at radius 1 is 1.13 bits per heavy atom. The van der Waals surface area contributed by atoms with Crippen molar-refractivity contribution in [1.82, 2.24) is 5.32 Å². The molecule has 0 saturated heterocycles. The van der Waals surface area contributed by atoms with Gasteiger partial charge in [0.2, 0.25) is 0 Å². The van der Waals surface area contributed by atoms with Gasteiger partial charge in [-0.15, -0.1) is 0 Å². The van der Waals surface area contributed by atoms with Crippen molar-refractivity contribution in [2.24, 2.45) is 0 Å². The number of ether oxygens (including phenoxy) is 1. The zero-order chi connectivity index (χ0) is 22.0. The van der Waals surface area contributed by atoms with Gasteiger partial charge in [-0.05, 0) is 46.9 Å². The number of aliphatic hydroxyl groups excluding tert-OH is 1. The van der Waals surface area contributed by atoms with Crippen LogP contribution in [-0.2, 0) is 28.9 Å². The third-order valence-electron chi connectivity index (χ3n) is 5.87. The lowest BCUT2D eigenvalue weighted by Crippen LogP contribution is -2.28. The molecule has 1 aliphatic carbocycles. The van der Waals surface area contributed by atoms with Crippen molar-refractivity contribution in [3.8, 4) is 11.1 Å². The summed E-state index contributed by atoms with van der Waals surface area (Å²) < 4.78 is 19.5. The molecular weight excluding hydrogens is 393 g/mol. The number of aliphatic hydroxyl groups is 1. The first-order chi connectivity index (χ1) is 15.0. The van der Waals surface area contributed by atoms with E-state index in [1.807, 2.05) is 49.4 Å². The third-order valence-corrected chi connectivity index (χ3v) is 5.87. The predicted octanol–water partition coefficient (Wildman–Crippen LogP) is 4.26. The molecule has 0 heterocycles. The second-order valence-electron chi connectivity index (χ2n) is 8.06. The number of methoxy groups -OCH3 is 1. The number of fused-ring (bicyclic) bond motifs is 1. The lowest BCUT2D eigenvalue weighted by molar-refractivity contribution is -0.139. The maximum Gasteiger partial charge on any atom is 0.309 e. The Morgan fingerprint density at radius 2 is 1.94 bits per heavy atom. The summed E-state index contributed by atoms with van der Waals surface area (Å²) in [6.07, 6.45) is 0.221. The Morgan fingerprint density at radius 3 is 2.74 bits per heavy atom. The van der Waals surface area contributed by atoms with E-state index < -0.39 is 6.10 Å². The summed E-state index contributed by atoms with van der Waals surface area (Å²) in [7, 11) is 1.34. The topological polar surface area (TPSA) is 58.6 Å². The van der Waals surface area contributed by atoms with Crippen LogP contribution in [0.2, 0.25) is 0 Å². The minimum absolute atomic E-state index is 0.0915. The maximum absolute atomic E-state index is 14.8. The van der Waals surface area contributed by atoms with Crippen LogP contribution in [-0.4, -0.2) is 24.3 Å². The summed E-state index contributed by atoms with van der Waals surface area (Å²) in [4.78, 5) is 11.7. The molecule has 160 valence electrons. The molecule has 0 amide bonds. The van der Waals surface area contributed by atoms with Crippen LogP contribution >= 0.6 is 0 Å². The third kappa shape index (κ3) is 4.53. The molecule has 0 fully saturated rings. The second kappa shape index (κ2) is 9.00. The number of rotatable bonds is 6. The molecule has 0 unspecified atom stereocenters. The van der Waals surface area contributed by atoms with Gasteiger partial charge in [0.15, 0.2) is 0 Å². The number of aryl methyl sites for hydroxylation is 1. The fourth-order valence-electron chi connectivity index (χ4n) is 4.30. The zero-order valence-electron chi connectivity index (χ0n) is 17.7. The molecule has 2 atom stereocenters. The van der Waals surface area contributed by atoms with Crippen LogP contribution in [0.5, 0.6) is 0 Å². The van der Waals surface area contributed by atoms with Gasteiger partial charge in [-0.3, -0.25) is 4.79 Å². The average molecular weight is 419 g/mol. The van der Waals surface area contributed by atoms with E-state index in [4.69, 9.17) is 4.74 Å². The van der Waals surface area contributed by atoms with Crippen LogP contribution in [0.4, 0.5) is 4.39 Å². The van der Waals surface area contributed by atoms with Crippen LogP contribution in [0.25, 0.3) is 11.1 Å². The largest absolute Gasteiger partial charge is 0.469 e. The van der Waals surface area contributed by atoms with Gasteiger partial charge in [0, 0.05) is 18.5 Å². The Kier molecular flexibility index (Phi) is 6.16. The second-order valence-corrected chi connectivity index (χ2v) is 8.06. The number of carbonyl (C=O) groups excluding carboxylic acids is 1. The first-order valence-corrected chi connectivity index (χ1v) is 10.4. The Balaban J connectivity index is 1.63. The number of carbonyl (C=O) groups is 1. The first-order valence-electron chi connectivity index (χ1n) is 10.4. The lowest BCUT2D eigenvalue weighted by atomic mass is 9.95. The van der Waals surface area contributed by atoms with Crippen LogP contribution < -0.4 is 5.32 Å². The predicted molar refractivity (Wildman–Crippen MR) is 118 cm³/mol. The quantitative estimate of drug-likeness (QED) is 0.586. The van der Waals surface area contributed by atoms with Gasteiger partial charge < -0.3 is 15.2 Å². The highest BCUT2D eigenvalue weighted by Gasteiger charge is 2.30. The van der Waals surface area contributed by atoms with Crippen LogP contribution in [0.3, 0.4) is 0 Å². The highest BCUT2D eigenvalue weighted by molar-refractivity contribution is 5.75. The number of esters is 1. The molecule has 4 nitrogen and oxygen atoms in total.